The van der Waals surface area contributed by atoms with Crippen molar-refractivity contribution in [3.05, 3.63) is 212 Å². The fourth-order valence-corrected chi connectivity index (χ4v) is 10.2. The molecular weight excluding hydrogens is 719 g/mol. The Morgan fingerprint density at radius 2 is 0.759 bits per heavy atom. The summed E-state index contributed by atoms with van der Waals surface area (Å²) in [6.07, 6.45) is 0. The summed E-state index contributed by atoms with van der Waals surface area (Å²) in [6, 6.07) is 78.4. The third-order valence-corrected chi connectivity index (χ3v) is 13.1. The van der Waals surface area contributed by atoms with Gasteiger partial charge >= 0.3 is 0 Å². The molecule has 0 spiro atoms. The van der Waals surface area contributed by atoms with Gasteiger partial charge in [0, 0.05) is 37.2 Å². The van der Waals surface area contributed by atoms with Crippen molar-refractivity contribution in [1.82, 2.24) is 0 Å². The fraction of sp³-hybridized carbons (Fsp3) is 0. The second-order valence-corrected chi connectivity index (χ2v) is 16.4. The second kappa shape index (κ2) is 13.2. The topological polar surface area (TPSA) is 3.24 Å². The van der Waals surface area contributed by atoms with E-state index in [1.54, 1.807) is 0 Å². The van der Waals surface area contributed by atoms with Gasteiger partial charge in [-0.1, -0.05) is 152 Å². The van der Waals surface area contributed by atoms with Gasteiger partial charge in [-0.15, -0.1) is 11.3 Å². The van der Waals surface area contributed by atoms with Crippen LogP contribution in [0.15, 0.2) is 212 Å². The molecule has 0 bridgehead atoms. The molecule has 12 rings (SSSR count). The SMILES string of the molecule is c1ccc2cc3c(cc2c1)sc1ccc(N(c2ccc(-c4ccc(-c5cc6ccccc6c6ccccc56)cc4)cc2)c2ccc4c(ccc5ccccc54)c2)cc13. The van der Waals surface area contributed by atoms with Crippen LogP contribution in [-0.2, 0) is 0 Å². The average Bonchev–Trinajstić information content (AvgIpc) is 3.65. The molecule has 58 heavy (non-hydrogen) atoms. The van der Waals surface area contributed by atoms with Crippen LogP contribution < -0.4 is 4.90 Å². The van der Waals surface area contributed by atoms with Crippen molar-refractivity contribution in [2.45, 2.75) is 0 Å². The number of fused-ring (bicyclic) bond motifs is 10. The van der Waals surface area contributed by atoms with Gasteiger partial charge in [-0.2, -0.15) is 0 Å². The van der Waals surface area contributed by atoms with Gasteiger partial charge in [0.1, 0.15) is 0 Å². The van der Waals surface area contributed by atoms with Crippen LogP contribution in [0.2, 0.25) is 0 Å². The molecule has 0 saturated carbocycles. The molecule has 0 radical (unpaired) electrons. The summed E-state index contributed by atoms with van der Waals surface area (Å²) in [6.45, 7) is 0. The van der Waals surface area contributed by atoms with Crippen LogP contribution in [0.5, 0.6) is 0 Å². The monoisotopic (exact) mass is 753 g/mol. The molecule has 1 heterocycles. The van der Waals surface area contributed by atoms with Crippen LogP contribution in [-0.4, -0.2) is 0 Å². The van der Waals surface area contributed by atoms with E-state index in [4.69, 9.17) is 0 Å². The Kier molecular flexibility index (Phi) is 7.47. The summed E-state index contributed by atoms with van der Waals surface area (Å²) >= 11 is 1.87. The van der Waals surface area contributed by atoms with Crippen molar-refractivity contribution in [3.63, 3.8) is 0 Å². The summed E-state index contributed by atoms with van der Waals surface area (Å²) in [5, 5.41) is 15.3. The van der Waals surface area contributed by atoms with Gasteiger partial charge in [0.2, 0.25) is 0 Å². The van der Waals surface area contributed by atoms with Crippen molar-refractivity contribution in [3.8, 4) is 22.3 Å². The normalized spacial score (nSPS) is 11.8. The van der Waals surface area contributed by atoms with Crippen LogP contribution in [0.3, 0.4) is 0 Å². The van der Waals surface area contributed by atoms with E-state index in [-0.39, 0.29) is 0 Å². The molecule has 0 aliphatic rings. The third-order valence-electron chi connectivity index (χ3n) is 12.0. The zero-order valence-electron chi connectivity index (χ0n) is 31.6. The molecule has 0 fully saturated rings. The Balaban J connectivity index is 0.959. The maximum atomic E-state index is 2.41. The highest BCUT2D eigenvalue weighted by atomic mass is 32.1. The van der Waals surface area contributed by atoms with Crippen LogP contribution in [0.25, 0.3) is 96.3 Å². The maximum Gasteiger partial charge on any atom is 0.0468 e. The minimum atomic E-state index is 1.12. The van der Waals surface area contributed by atoms with Gasteiger partial charge in [-0.3, -0.25) is 0 Å². The van der Waals surface area contributed by atoms with Crippen molar-refractivity contribution >= 4 is 102 Å². The lowest BCUT2D eigenvalue weighted by Crippen LogP contribution is -2.09. The van der Waals surface area contributed by atoms with E-state index < -0.39 is 0 Å². The first-order chi connectivity index (χ1) is 28.7. The van der Waals surface area contributed by atoms with Gasteiger partial charge in [-0.25, -0.2) is 0 Å². The first kappa shape index (κ1) is 32.9. The van der Waals surface area contributed by atoms with E-state index in [1.807, 2.05) is 11.3 Å². The van der Waals surface area contributed by atoms with E-state index in [1.165, 1.54) is 96.3 Å². The lowest BCUT2D eigenvalue weighted by molar-refractivity contribution is 1.30. The highest BCUT2D eigenvalue weighted by Crippen LogP contribution is 2.43. The standard InChI is InChI=1S/C56H35NS/c1-2-11-41-34-56-53(32-40(41)10-1)54-35-46(28-30-55(54)58-56)57(45-27-29-49-43(31-45)22-21-38-9-3-5-13-47(38)49)44-25-23-37(24-26-44)36-17-19-39(20-18-36)52-33-42-12-4-6-14-48(42)50-15-7-8-16-51(50)52/h1-35H. The predicted molar refractivity (Wildman–Crippen MR) is 252 cm³/mol. The lowest BCUT2D eigenvalue weighted by Gasteiger charge is -2.26. The Bertz CT molecular complexity index is 3560. The average molecular weight is 754 g/mol. The van der Waals surface area contributed by atoms with Gasteiger partial charge < -0.3 is 4.90 Å². The molecule has 1 aromatic heterocycles. The van der Waals surface area contributed by atoms with Gasteiger partial charge in [0.25, 0.3) is 0 Å². The maximum absolute atomic E-state index is 2.41. The predicted octanol–water partition coefficient (Wildman–Crippen LogP) is 16.6. The van der Waals surface area contributed by atoms with E-state index in [2.05, 4.69) is 217 Å². The highest BCUT2D eigenvalue weighted by molar-refractivity contribution is 7.25. The summed E-state index contributed by atoms with van der Waals surface area (Å²) < 4.78 is 2.62. The number of thiophene rings is 1. The van der Waals surface area contributed by atoms with Crippen molar-refractivity contribution in [2.75, 3.05) is 4.90 Å². The van der Waals surface area contributed by atoms with Crippen LogP contribution >= 0.6 is 11.3 Å². The molecule has 0 atom stereocenters. The summed E-state index contributed by atoms with van der Waals surface area (Å²) in [7, 11) is 0. The lowest BCUT2D eigenvalue weighted by atomic mass is 9.92. The Morgan fingerprint density at radius 1 is 0.259 bits per heavy atom. The zero-order chi connectivity index (χ0) is 38.2. The number of benzene rings is 11. The van der Waals surface area contributed by atoms with E-state index in [0.29, 0.717) is 0 Å². The smallest absolute Gasteiger partial charge is 0.0468 e. The molecule has 0 saturated heterocycles. The minimum Gasteiger partial charge on any atom is -0.310 e. The molecule has 1 nitrogen and oxygen atoms in total. The summed E-state index contributed by atoms with van der Waals surface area (Å²) in [4.78, 5) is 2.41. The van der Waals surface area contributed by atoms with Crippen molar-refractivity contribution in [1.29, 1.82) is 0 Å². The Morgan fingerprint density at radius 3 is 1.53 bits per heavy atom. The molecule has 0 aliphatic carbocycles. The molecule has 270 valence electrons. The van der Waals surface area contributed by atoms with Crippen LogP contribution in [0.4, 0.5) is 17.1 Å². The van der Waals surface area contributed by atoms with Crippen LogP contribution in [0, 0.1) is 0 Å². The molecular formula is C56H35NS. The third kappa shape index (κ3) is 5.38. The summed E-state index contributed by atoms with van der Waals surface area (Å²) in [5.41, 5.74) is 8.26. The fourth-order valence-electron chi connectivity index (χ4n) is 9.11. The molecule has 2 heteroatoms. The van der Waals surface area contributed by atoms with Gasteiger partial charge in [0.05, 0.1) is 0 Å². The van der Waals surface area contributed by atoms with Gasteiger partial charge in [-0.05, 0) is 137 Å². The van der Waals surface area contributed by atoms with Crippen molar-refractivity contribution < 1.29 is 0 Å². The quantitative estimate of drug-likeness (QED) is 0.158. The molecule has 0 aliphatic heterocycles. The number of nitrogens with zero attached hydrogens (tertiary/aromatic N) is 1. The Labute approximate surface area is 340 Å². The first-order valence-electron chi connectivity index (χ1n) is 19.9. The summed E-state index contributed by atoms with van der Waals surface area (Å²) in [5.74, 6) is 0. The number of hydrogen-bond acceptors (Lipinski definition) is 2. The van der Waals surface area contributed by atoms with E-state index in [9.17, 15) is 0 Å². The molecule has 11 aromatic carbocycles. The van der Waals surface area contributed by atoms with E-state index in [0.717, 1.165) is 17.1 Å². The van der Waals surface area contributed by atoms with Crippen molar-refractivity contribution in [2.24, 2.45) is 0 Å². The zero-order valence-corrected chi connectivity index (χ0v) is 32.4. The largest absolute Gasteiger partial charge is 0.310 e. The first-order valence-corrected chi connectivity index (χ1v) is 20.7. The molecule has 0 N–H and O–H groups in total. The Hall–Kier alpha value is -7.26. The highest BCUT2D eigenvalue weighted by Gasteiger charge is 2.17. The van der Waals surface area contributed by atoms with Crippen LogP contribution in [0.1, 0.15) is 0 Å². The number of hydrogen-bond donors (Lipinski definition) is 0. The van der Waals surface area contributed by atoms with E-state index >= 15 is 0 Å². The van der Waals surface area contributed by atoms with Gasteiger partial charge in [0.15, 0.2) is 0 Å². The minimum absolute atomic E-state index is 1.12. The number of rotatable bonds is 5. The molecule has 0 unspecified atom stereocenters. The molecule has 0 amide bonds. The number of anilines is 3. The second-order valence-electron chi connectivity index (χ2n) is 15.3. The molecule has 12 aromatic rings.